The van der Waals surface area contributed by atoms with Gasteiger partial charge in [-0.3, -0.25) is 0 Å². The van der Waals surface area contributed by atoms with E-state index in [0.29, 0.717) is 12.1 Å². The molecule has 0 spiro atoms. The van der Waals surface area contributed by atoms with Crippen LogP contribution in [0.4, 0.5) is 5.95 Å². The summed E-state index contributed by atoms with van der Waals surface area (Å²) in [6.07, 6.45) is 5.66. The van der Waals surface area contributed by atoms with Crippen LogP contribution in [0.5, 0.6) is 0 Å². The number of rotatable bonds is 7. The molecule has 1 aromatic heterocycles. The number of aromatic nitrogens is 2. The van der Waals surface area contributed by atoms with Crippen LogP contribution in [-0.4, -0.2) is 49.4 Å². The van der Waals surface area contributed by atoms with E-state index in [2.05, 4.69) is 34.8 Å². The fourth-order valence-electron chi connectivity index (χ4n) is 3.01. The van der Waals surface area contributed by atoms with Crippen molar-refractivity contribution in [1.82, 2.24) is 14.9 Å². The van der Waals surface area contributed by atoms with Crippen LogP contribution in [-0.2, 0) is 11.2 Å². The molecule has 1 fully saturated rings. The van der Waals surface area contributed by atoms with Crippen LogP contribution in [0.2, 0.25) is 0 Å². The first-order valence-electron chi connectivity index (χ1n) is 7.69. The second-order valence-corrected chi connectivity index (χ2v) is 5.64. The molecular weight excluding hydrogens is 252 g/mol. The topological polar surface area (TPSA) is 42.3 Å². The van der Waals surface area contributed by atoms with Gasteiger partial charge in [-0.25, -0.2) is 4.98 Å². The third kappa shape index (κ3) is 3.15. The van der Waals surface area contributed by atoms with Gasteiger partial charge >= 0.3 is 0 Å². The molecule has 1 aliphatic rings. The standard InChI is InChI=1S/C15H28N4O/c1-5-13-10-19(12(2)11-20-4)15(17-13)18-8-6-7-14(18)9-16-3/h10,12,14,16H,5-9,11H2,1-4H3. The zero-order valence-electron chi connectivity index (χ0n) is 13.2. The molecule has 2 atom stereocenters. The van der Waals surface area contributed by atoms with Crippen molar-refractivity contribution < 1.29 is 4.74 Å². The molecule has 0 saturated carbocycles. The lowest BCUT2D eigenvalue weighted by Gasteiger charge is -2.28. The van der Waals surface area contributed by atoms with Crippen molar-refractivity contribution in [2.75, 3.05) is 38.8 Å². The fraction of sp³-hybridized carbons (Fsp3) is 0.800. The van der Waals surface area contributed by atoms with Gasteiger partial charge in [-0.15, -0.1) is 0 Å². The first-order chi connectivity index (χ1) is 9.71. The summed E-state index contributed by atoms with van der Waals surface area (Å²) in [4.78, 5) is 7.31. The molecule has 2 heterocycles. The second kappa shape index (κ2) is 7.09. The summed E-state index contributed by atoms with van der Waals surface area (Å²) in [5, 5.41) is 3.30. The Morgan fingerprint density at radius 1 is 1.55 bits per heavy atom. The van der Waals surface area contributed by atoms with Crippen molar-refractivity contribution in [2.24, 2.45) is 0 Å². The Bertz CT molecular complexity index is 418. The summed E-state index contributed by atoms with van der Waals surface area (Å²) in [6.45, 7) is 7.19. The number of anilines is 1. The van der Waals surface area contributed by atoms with E-state index in [1.54, 1.807) is 7.11 Å². The summed E-state index contributed by atoms with van der Waals surface area (Å²) in [7, 11) is 3.78. The molecule has 2 rings (SSSR count). The Balaban J connectivity index is 2.26. The molecule has 5 heteroatoms. The number of nitrogens with zero attached hydrogens (tertiary/aromatic N) is 3. The van der Waals surface area contributed by atoms with Crippen molar-refractivity contribution >= 4 is 5.95 Å². The van der Waals surface area contributed by atoms with Gasteiger partial charge in [-0.05, 0) is 33.2 Å². The summed E-state index contributed by atoms with van der Waals surface area (Å²) >= 11 is 0. The van der Waals surface area contributed by atoms with Crippen LogP contribution in [0, 0.1) is 0 Å². The molecule has 20 heavy (non-hydrogen) atoms. The van der Waals surface area contributed by atoms with Crippen LogP contribution in [0.15, 0.2) is 6.20 Å². The van der Waals surface area contributed by atoms with Gasteiger partial charge in [0.25, 0.3) is 0 Å². The normalized spacial score (nSPS) is 20.6. The maximum Gasteiger partial charge on any atom is 0.206 e. The Hall–Kier alpha value is -1.07. The minimum Gasteiger partial charge on any atom is -0.383 e. The highest BCUT2D eigenvalue weighted by molar-refractivity contribution is 5.37. The maximum absolute atomic E-state index is 5.31. The number of nitrogens with one attached hydrogen (secondary N) is 1. The number of ether oxygens (including phenoxy) is 1. The summed E-state index contributed by atoms with van der Waals surface area (Å²) in [6, 6.07) is 0.874. The minimum atomic E-state index is 0.318. The Labute approximate surface area is 122 Å². The van der Waals surface area contributed by atoms with Crippen molar-refractivity contribution in [1.29, 1.82) is 0 Å². The summed E-state index contributed by atoms with van der Waals surface area (Å²) in [5.74, 6) is 1.11. The van der Waals surface area contributed by atoms with Crippen molar-refractivity contribution in [3.63, 3.8) is 0 Å². The fourth-order valence-corrected chi connectivity index (χ4v) is 3.01. The Morgan fingerprint density at radius 3 is 3.00 bits per heavy atom. The zero-order chi connectivity index (χ0) is 14.5. The Morgan fingerprint density at radius 2 is 2.35 bits per heavy atom. The number of hydrogen-bond acceptors (Lipinski definition) is 4. The molecule has 0 aliphatic carbocycles. The third-order valence-electron chi connectivity index (χ3n) is 4.08. The monoisotopic (exact) mass is 280 g/mol. The number of hydrogen-bond donors (Lipinski definition) is 1. The van der Waals surface area contributed by atoms with Crippen LogP contribution < -0.4 is 10.2 Å². The molecule has 2 unspecified atom stereocenters. The van der Waals surface area contributed by atoms with Gasteiger partial charge in [0.1, 0.15) is 0 Å². The average molecular weight is 280 g/mol. The van der Waals surface area contributed by atoms with E-state index in [4.69, 9.17) is 9.72 Å². The van der Waals surface area contributed by atoms with E-state index in [0.717, 1.165) is 37.8 Å². The quantitative estimate of drug-likeness (QED) is 0.827. The molecule has 1 aliphatic heterocycles. The molecule has 0 bridgehead atoms. The molecule has 114 valence electrons. The molecular formula is C15H28N4O. The number of likely N-dealkylation sites (N-methyl/N-ethyl adjacent to an activating group) is 1. The Kier molecular flexibility index (Phi) is 5.43. The van der Waals surface area contributed by atoms with E-state index in [9.17, 15) is 0 Å². The van der Waals surface area contributed by atoms with E-state index in [1.807, 2.05) is 7.05 Å². The second-order valence-electron chi connectivity index (χ2n) is 5.64. The highest BCUT2D eigenvalue weighted by Gasteiger charge is 2.28. The maximum atomic E-state index is 5.31. The molecule has 0 radical (unpaired) electrons. The first-order valence-corrected chi connectivity index (χ1v) is 7.69. The molecule has 1 N–H and O–H groups in total. The average Bonchev–Trinajstić information content (AvgIpc) is 3.05. The van der Waals surface area contributed by atoms with E-state index >= 15 is 0 Å². The van der Waals surface area contributed by atoms with E-state index < -0.39 is 0 Å². The predicted octanol–water partition coefficient (Wildman–Crippen LogP) is 1.84. The van der Waals surface area contributed by atoms with Crippen LogP contribution in [0.25, 0.3) is 0 Å². The molecule has 0 aromatic carbocycles. The number of methoxy groups -OCH3 is 1. The lowest BCUT2D eigenvalue weighted by atomic mass is 10.2. The van der Waals surface area contributed by atoms with E-state index in [1.165, 1.54) is 12.8 Å². The van der Waals surface area contributed by atoms with Gasteiger partial charge in [-0.1, -0.05) is 6.92 Å². The van der Waals surface area contributed by atoms with Gasteiger partial charge in [0.15, 0.2) is 0 Å². The van der Waals surface area contributed by atoms with Crippen molar-refractivity contribution in [3.05, 3.63) is 11.9 Å². The summed E-state index contributed by atoms with van der Waals surface area (Å²) < 4.78 is 7.60. The van der Waals surface area contributed by atoms with Crippen LogP contribution >= 0.6 is 0 Å². The largest absolute Gasteiger partial charge is 0.383 e. The zero-order valence-corrected chi connectivity index (χ0v) is 13.2. The molecule has 1 saturated heterocycles. The molecule has 5 nitrogen and oxygen atoms in total. The van der Waals surface area contributed by atoms with Gasteiger partial charge in [0.2, 0.25) is 5.95 Å². The van der Waals surface area contributed by atoms with Gasteiger partial charge in [-0.2, -0.15) is 0 Å². The van der Waals surface area contributed by atoms with Gasteiger partial charge in [0, 0.05) is 32.4 Å². The lowest BCUT2D eigenvalue weighted by Crippen LogP contribution is -2.38. The third-order valence-corrected chi connectivity index (χ3v) is 4.08. The first kappa shape index (κ1) is 15.3. The SMILES string of the molecule is CCc1cn(C(C)COC)c(N2CCCC2CNC)n1. The van der Waals surface area contributed by atoms with Gasteiger partial charge in [0.05, 0.1) is 18.3 Å². The number of aryl methyl sites for hydroxylation is 1. The highest BCUT2D eigenvalue weighted by Crippen LogP contribution is 2.27. The number of imidazole rings is 1. The van der Waals surface area contributed by atoms with Crippen molar-refractivity contribution in [2.45, 2.75) is 45.2 Å². The smallest absolute Gasteiger partial charge is 0.206 e. The highest BCUT2D eigenvalue weighted by atomic mass is 16.5. The van der Waals surface area contributed by atoms with Crippen molar-refractivity contribution in [3.8, 4) is 0 Å². The molecule has 1 aromatic rings. The predicted molar refractivity (Wildman–Crippen MR) is 82.5 cm³/mol. The summed E-state index contributed by atoms with van der Waals surface area (Å²) in [5.41, 5.74) is 1.16. The van der Waals surface area contributed by atoms with E-state index in [-0.39, 0.29) is 0 Å². The lowest BCUT2D eigenvalue weighted by molar-refractivity contribution is 0.162. The minimum absolute atomic E-state index is 0.318. The van der Waals surface area contributed by atoms with Crippen LogP contribution in [0.3, 0.4) is 0 Å². The van der Waals surface area contributed by atoms with Gasteiger partial charge < -0.3 is 19.5 Å². The molecule has 0 amide bonds. The van der Waals surface area contributed by atoms with Crippen LogP contribution in [0.1, 0.15) is 38.4 Å².